The number of aliphatic carboxylic acids is 1. The van der Waals surface area contributed by atoms with Crippen LogP contribution in [0.4, 0.5) is 10.6 Å². The quantitative estimate of drug-likeness (QED) is 0.165. The second-order valence-electron chi connectivity index (χ2n) is 12.5. The Morgan fingerprint density at radius 2 is 1.48 bits per heavy atom. The molecular formula is C36H39N5O7. The number of carboxylic acid groups (broad SMARTS) is 1. The average Bonchev–Trinajstić information content (AvgIpc) is 3.47. The first-order valence-electron chi connectivity index (χ1n) is 15.2. The highest BCUT2D eigenvalue weighted by Crippen LogP contribution is 2.25. The summed E-state index contributed by atoms with van der Waals surface area (Å²) in [4.78, 5) is 59.6. The van der Waals surface area contributed by atoms with Crippen molar-refractivity contribution >= 4 is 35.4 Å². The zero-order valence-electron chi connectivity index (χ0n) is 27.5. The molecule has 1 aromatic heterocycles. The van der Waals surface area contributed by atoms with Crippen molar-refractivity contribution in [2.45, 2.75) is 58.4 Å². The van der Waals surface area contributed by atoms with Crippen LogP contribution in [0.5, 0.6) is 0 Å². The molecule has 0 aliphatic heterocycles. The third-order valence-electron chi connectivity index (χ3n) is 6.91. The van der Waals surface area contributed by atoms with Crippen LogP contribution in [0.15, 0.2) is 102 Å². The van der Waals surface area contributed by atoms with Gasteiger partial charge in [-0.1, -0.05) is 84.9 Å². The lowest BCUT2D eigenvalue weighted by molar-refractivity contribution is -0.139. The minimum Gasteiger partial charge on any atom is -0.479 e. The molecule has 0 bridgehead atoms. The maximum atomic E-state index is 13.4. The number of rotatable bonds is 12. The number of imidazole rings is 1. The minimum atomic E-state index is -1.53. The number of nitrogens with one attached hydrogen (secondary N) is 2. The van der Waals surface area contributed by atoms with Gasteiger partial charge in [0.25, 0.3) is 11.8 Å². The predicted molar refractivity (Wildman–Crippen MR) is 180 cm³/mol. The normalized spacial score (nSPS) is 12.6. The highest BCUT2D eigenvalue weighted by Gasteiger charge is 2.33. The summed E-state index contributed by atoms with van der Waals surface area (Å²) < 4.78 is 12.3. The molecule has 250 valence electrons. The molecule has 0 aliphatic carbocycles. The summed E-state index contributed by atoms with van der Waals surface area (Å²) in [5.74, 6) is -2.72. The van der Waals surface area contributed by atoms with E-state index in [1.807, 2.05) is 72.8 Å². The molecule has 4 aromatic rings. The first kappa shape index (κ1) is 35.2. The predicted octanol–water partition coefficient (Wildman–Crippen LogP) is 5.65. The van der Waals surface area contributed by atoms with Crippen molar-refractivity contribution in [1.82, 2.24) is 14.9 Å². The lowest BCUT2D eigenvalue weighted by Crippen LogP contribution is -2.51. The molecule has 0 radical (unpaired) electrons. The second kappa shape index (κ2) is 15.3. The summed E-state index contributed by atoms with van der Waals surface area (Å²) in [6.07, 6.45) is 1.84. The molecule has 3 N–H and O–H groups in total. The number of amides is 3. The van der Waals surface area contributed by atoms with Crippen LogP contribution in [-0.4, -0.2) is 62.0 Å². The van der Waals surface area contributed by atoms with E-state index in [9.17, 15) is 24.3 Å². The number of alkyl carbamates (subject to hydrolysis) is 1. The van der Waals surface area contributed by atoms with Crippen LogP contribution in [0.2, 0.25) is 0 Å². The first-order valence-corrected chi connectivity index (χ1v) is 15.2. The highest BCUT2D eigenvalue weighted by molar-refractivity contribution is 6.45. The van der Waals surface area contributed by atoms with Crippen molar-refractivity contribution < 1.29 is 33.8 Å². The van der Waals surface area contributed by atoms with Gasteiger partial charge >= 0.3 is 12.1 Å². The van der Waals surface area contributed by atoms with E-state index in [0.717, 1.165) is 16.7 Å². The monoisotopic (exact) mass is 653 g/mol. The van der Waals surface area contributed by atoms with Crippen molar-refractivity contribution in [2.75, 3.05) is 11.9 Å². The Labute approximate surface area is 278 Å². The Bertz CT molecular complexity index is 1760. The van der Waals surface area contributed by atoms with Crippen LogP contribution < -0.4 is 10.6 Å². The minimum absolute atomic E-state index is 0.0292. The summed E-state index contributed by atoms with van der Waals surface area (Å²) >= 11 is 0. The van der Waals surface area contributed by atoms with Gasteiger partial charge in [-0.15, -0.1) is 0 Å². The van der Waals surface area contributed by atoms with E-state index < -0.39 is 41.1 Å². The molecule has 12 nitrogen and oxygen atoms in total. The Morgan fingerprint density at radius 1 is 0.875 bits per heavy atom. The van der Waals surface area contributed by atoms with Crippen LogP contribution >= 0.6 is 0 Å². The Morgan fingerprint density at radius 3 is 2.08 bits per heavy atom. The molecule has 0 saturated carbocycles. The number of nitrogens with zero attached hydrogens (tertiary/aromatic N) is 3. The van der Waals surface area contributed by atoms with Gasteiger partial charge in [-0.25, -0.2) is 19.6 Å². The molecule has 4 rings (SSSR count). The summed E-state index contributed by atoms with van der Waals surface area (Å²) in [5.41, 5.74) is 0.663. The Hall–Kier alpha value is -5.62. The van der Waals surface area contributed by atoms with Gasteiger partial charge in [-0.2, -0.15) is 0 Å². The Balaban J connectivity index is 1.52. The zero-order chi connectivity index (χ0) is 34.9. The smallest absolute Gasteiger partial charge is 0.408 e. The maximum absolute atomic E-state index is 13.4. The molecule has 48 heavy (non-hydrogen) atoms. The van der Waals surface area contributed by atoms with E-state index in [2.05, 4.69) is 20.6 Å². The third-order valence-corrected chi connectivity index (χ3v) is 6.91. The van der Waals surface area contributed by atoms with E-state index in [0.29, 0.717) is 5.56 Å². The van der Waals surface area contributed by atoms with Gasteiger partial charge in [0.1, 0.15) is 16.9 Å². The van der Waals surface area contributed by atoms with Crippen molar-refractivity contribution in [1.29, 1.82) is 0 Å². The van der Waals surface area contributed by atoms with E-state index in [4.69, 9.17) is 9.47 Å². The number of ether oxygens (including phenoxy) is 2. The SMILES string of the molecule is CC(C)(C)OC(=O)NC(C)(C)C(=O)N=C(COCc1ccccc1)C(=O)Nc1cn(C(C(=O)O)c2ccc(-c3ccccc3)cc2)cn1. The molecule has 3 amide bonds. The van der Waals surface area contributed by atoms with Gasteiger partial charge in [0, 0.05) is 6.20 Å². The maximum Gasteiger partial charge on any atom is 0.408 e. The molecule has 1 heterocycles. The van der Waals surface area contributed by atoms with Crippen molar-refractivity contribution in [2.24, 2.45) is 4.99 Å². The molecule has 3 aromatic carbocycles. The first-order chi connectivity index (χ1) is 22.7. The van der Waals surface area contributed by atoms with E-state index in [-0.39, 0.29) is 24.7 Å². The molecular weight excluding hydrogens is 614 g/mol. The van der Waals surface area contributed by atoms with E-state index >= 15 is 0 Å². The van der Waals surface area contributed by atoms with Crippen LogP contribution in [0, 0.1) is 0 Å². The molecule has 0 spiro atoms. The van der Waals surface area contributed by atoms with E-state index in [1.165, 1.54) is 30.9 Å². The van der Waals surface area contributed by atoms with Crippen molar-refractivity contribution in [3.63, 3.8) is 0 Å². The van der Waals surface area contributed by atoms with E-state index in [1.54, 1.807) is 32.9 Å². The fourth-order valence-electron chi connectivity index (χ4n) is 4.52. The second-order valence-corrected chi connectivity index (χ2v) is 12.5. The summed E-state index contributed by atoms with van der Waals surface area (Å²) in [6, 6.07) is 24.9. The molecule has 1 atom stereocenters. The topological polar surface area (TPSA) is 161 Å². The van der Waals surface area contributed by atoms with Crippen molar-refractivity contribution in [3.05, 3.63) is 109 Å². The number of aliphatic imine (C=N–C) groups is 1. The number of carbonyl (C=O) groups is 4. The van der Waals surface area contributed by atoms with Crippen LogP contribution in [0.1, 0.15) is 51.8 Å². The van der Waals surface area contributed by atoms with Gasteiger partial charge in [-0.3, -0.25) is 9.59 Å². The van der Waals surface area contributed by atoms with Gasteiger partial charge in [0.05, 0.1) is 19.5 Å². The van der Waals surface area contributed by atoms with Crippen LogP contribution in [0.3, 0.4) is 0 Å². The number of aromatic nitrogens is 2. The molecule has 12 heteroatoms. The highest BCUT2D eigenvalue weighted by atomic mass is 16.6. The molecule has 0 fully saturated rings. The lowest BCUT2D eigenvalue weighted by atomic mass is 10.0. The fourth-order valence-corrected chi connectivity index (χ4v) is 4.52. The lowest BCUT2D eigenvalue weighted by Gasteiger charge is -2.26. The number of carboxylic acids is 1. The average molecular weight is 654 g/mol. The summed E-state index contributed by atoms with van der Waals surface area (Å²) in [6.45, 7) is 7.72. The summed E-state index contributed by atoms with van der Waals surface area (Å²) in [7, 11) is 0. The van der Waals surface area contributed by atoms with Gasteiger partial charge < -0.3 is 29.8 Å². The molecule has 0 saturated heterocycles. The molecule has 1 unspecified atom stereocenters. The van der Waals surface area contributed by atoms with Gasteiger partial charge in [0.15, 0.2) is 11.9 Å². The number of hydrogen-bond donors (Lipinski definition) is 3. The van der Waals surface area contributed by atoms with Crippen LogP contribution in [0.25, 0.3) is 11.1 Å². The van der Waals surface area contributed by atoms with Gasteiger partial charge in [0.2, 0.25) is 0 Å². The standard InChI is InChI=1S/C36H39N5O7/c1-35(2,3)48-34(46)40-36(4,5)33(45)38-28(22-47-21-24-12-8-6-9-13-24)31(42)39-29-20-41(23-37-29)30(32(43)44)27-18-16-26(17-19-27)25-14-10-7-11-15-25/h6-20,23,30H,21-22H2,1-5H3,(H,39,42)(H,40,46)(H,43,44). The number of anilines is 1. The largest absolute Gasteiger partial charge is 0.479 e. The number of benzene rings is 3. The fraction of sp³-hybridized carbons (Fsp3) is 0.278. The summed E-state index contributed by atoms with van der Waals surface area (Å²) in [5, 5.41) is 15.1. The molecule has 0 aliphatic rings. The number of carbonyl (C=O) groups excluding carboxylic acids is 3. The third kappa shape index (κ3) is 9.94. The van der Waals surface area contributed by atoms with Gasteiger partial charge in [-0.05, 0) is 56.9 Å². The van der Waals surface area contributed by atoms with Crippen molar-refractivity contribution in [3.8, 4) is 11.1 Å². The Kier molecular flexibility index (Phi) is 11.2. The number of hydrogen-bond acceptors (Lipinski definition) is 7. The van der Waals surface area contributed by atoms with Crippen LogP contribution in [-0.2, 0) is 30.5 Å². The zero-order valence-corrected chi connectivity index (χ0v) is 27.5.